The van der Waals surface area contributed by atoms with Crippen LogP contribution in [0.5, 0.6) is 0 Å². The number of amides is 2. The topological polar surface area (TPSA) is 77.9 Å². The van der Waals surface area contributed by atoms with E-state index in [2.05, 4.69) is 0 Å². The molecule has 1 aromatic carbocycles. The minimum atomic E-state index is -0.932. The third-order valence-corrected chi connectivity index (χ3v) is 4.40. The van der Waals surface area contributed by atoms with Gasteiger partial charge in [0.05, 0.1) is 11.8 Å². The van der Waals surface area contributed by atoms with Gasteiger partial charge >= 0.3 is 5.97 Å². The smallest absolute Gasteiger partial charge is 0.308 e. The first-order chi connectivity index (χ1) is 11.3. The maximum atomic E-state index is 12.4. The number of aliphatic carboxylic acids is 1. The van der Waals surface area contributed by atoms with E-state index in [0.29, 0.717) is 13.1 Å². The Balaban J connectivity index is 1.94. The van der Waals surface area contributed by atoms with Gasteiger partial charge in [0, 0.05) is 33.1 Å². The number of carbonyl (C=O) groups excluding carboxylic acids is 2. The van der Waals surface area contributed by atoms with Gasteiger partial charge in [-0.2, -0.15) is 0 Å². The first-order valence-electron chi connectivity index (χ1n) is 8.09. The fourth-order valence-corrected chi connectivity index (χ4v) is 2.89. The minimum absolute atomic E-state index is 0.0337. The van der Waals surface area contributed by atoms with Gasteiger partial charge in [-0.25, -0.2) is 0 Å². The van der Waals surface area contributed by atoms with Crippen LogP contribution in [0.3, 0.4) is 0 Å². The molecule has 2 rings (SSSR count). The summed E-state index contributed by atoms with van der Waals surface area (Å²) in [4.78, 5) is 38.6. The number of hydrogen-bond acceptors (Lipinski definition) is 3. The van der Waals surface area contributed by atoms with Gasteiger partial charge in [0.2, 0.25) is 11.8 Å². The number of hydrogen-bond donors (Lipinski definition) is 1. The summed E-state index contributed by atoms with van der Waals surface area (Å²) in [5.74, 6) is -2.15. The standard InChI is InChI=1S/C18H24N2O4/c1-12-4-6-14(7-5-12)10-20-11-15(8-16(20)21)17(22)19(3)9-13(2)18(23)24/h4-7,13,15H,8-11H2,1-3H3,(H,23,24). The maximum Gasteiger partial charge on any atom is 0.308 e. The summed E-state index contributed by atoms with van der Waals surface area (Å²) >= 11 is 0. The maximum absolute atomic E-state index is 12.4. The Morgan fingerprint density at radius 1 is 1.33 bits per heavy atom. The largest absolute Gasteiger partial charge is 0.481 e. The molecule has 2 atom stereocenters. The summed E-state index contributed by atoms with van der Waals surface area (Å²) in [6.07, 6.45) is 0.191. The molecule has 130 valence electrons. The SMILES string of the molecule is Cc1ccc(CN2CC(C(=O)N(C)CC(C)C(=O)O)CC2=O)cc1. The molecular formula is C18H24N2O4. The van der Waals surface area contributed by atoms with Crippen molar-refractivity contribution in [2.45, 2.75) is 26.8 Å². The van der Waals surface area contributed by atoms with Gasteiger partial charge in [-0.05, 0) is 12.5 Å². The fourth-order valence-electron chi connectivity index (χ4n) is 2.89. The van der Waals surface area contributed by atoms with Crippen molar-refractivity contribution in [3.63, 3.8) is 0 Å². The number of benzene rings is 1. The molecule has 0 spiro atoms. The molecule has 1 fully saturated rings. The van der Waals surface area contributed by atoms with E-state index in [0.717, 1.165) is 11.1 Å². The molecule has 1 aliphatic heterocycles. The Labute approximate surface area is 142 Å². The Kier molecular flexibility index (Phi) is 5.59. The predicted molar refractivity (Wildman–Crippen MR) is 89.1 cm³/mol. The van der Waals surface area contributed by atoms with Gasteiger partial charge in [0.25, 0.3) is 0 Å². The average Bonchev–Trinajstić information content (AvgIpc) is 2.89. The first-order valence-corrected chi connectivity index (χ1v) is 8.09. The van der Waals surface area contributed by atoms with Crippen LogP contribution in [0.4, 0.5) is 0 Å². The molecule has 6 nitrogen and oxygen atoms in total. The molecule has 0 aliphatic carbocycles. The highest BCUT2D eigenvalue weighted by atomic mass is 16.4. The number of carboxylic acid groups (broad SMARTS) is 1. The third-order valence-electron chi connectivity index (χ3n) is 4.40. The third kappa shape index (κ3) is 4.34. The zero-order chi connectivity index (χ0) is 17.9. The number of aryl methyl sites for hydroxylation is 1. The molecule has 24 heavy (non-hydrogen) atoms. The lowest BCUT2D eigenvalue weighted by atomic mass is 10.1. The summed E-state index contributed by atoms with van der Waals surface area (Å²) in [5.41, 5.74) is 2.20. The van der Waals surface area contributed by atoms with Gasteiger partial charge in [0.1, 0.15) is 0 Å². The normalized spacial score (nSPS) is 18.5. The molecule has 1 N–H and O–H groups in total. The van der Waals surface area contributed by atoms with E-state index >= 15 is 0 Å². The molecule has 0 radical (unpaired) electrons. The van der Waals surface area contributed by atoms with Crippen molar-refractivity contribution in [1.29, 1.82) is 0 Å². The Morgan fingerprint density at radius 2 is 1.96 bits per heavy atom. The number of nitrogens with zero attached hydrogens (tertiary/aromatic N) is 2. The summed E-state index contributed by atoms with van der Waals surface area (Å²) in [6.45, 7) is 4.61. The number of rotatable bonds is 6. The Bertz CT molecular complexity index is 626. The Morgan fingerprint density at radius 3 is 2.54 bits per heavy atom. The van der Waals surface area contributed by atoms with Gasteiger partial charge in [-0.3, -0.25) is 14.4 Å². The van der Waals surface area contributed by atoms with E-state index in [-0.39, 0.29) is 24.8 Å². The van der Waals surface area contributed by atoms with Crippen LogP contribution in [0.25, 0.3) is 0 Å². The number of carboxylic acids is 1. The van der Waals surface area contributed by atoms with Crippen molar-refractivity contribution >= 4 is 17.8 Å². The summed E-state index contributed by atoms with van der Waals surface area (Å²) in [7, 11) is 1.59. The lowest BCUT2D eigenvalue weighted by molar-refractivity contribution is -0.143. The van der Waals surface area contributed by atoms with E-state index in [4.69, 9.17) is 5.11 Å². The van der Waals surface area contributed by atoms with Crippen molar-refractivity contribution < 1.29 is 19.5 Å². The van der Waals surface area contributed by atoms with Gasteiger partial charge in [0.15, 0.2) is 0 Å². The zero-order valence-corrected chi connectivity index (χ0v) is 14.4. The fraction of sp³-hybridized carbons (Fsp3) is 0.500. The highest BCUT2D eigenvalue weighted by molar-refractivity contribution is 5.89. The molecular weight excluding hydrogens is 308 g/mol. The summed E-state index contributed by atoms with van der Waals surface area (Å²) < 4.78 is 0. The van der Waals surface area contributed by atoms with Crippen LogP contribution in [0.15, 0.2) is 24.3 Å². The van der Waals surface area contributed by atoms with Crippen LogP contribution in [0.1, 0.15) is 24.5 Å². The van der Waals surface area contributed by atoms with Crippen LogP contribution >= 0.6 is 0 Å². The molecule has 0 bridgehead atoms. The van der Waals surface area contributed by atoms with E-state index in [9.17, 15) is 14.4 Å². The average molecular weight is 332 g/mol. The molecule has 1 heterocycles. The molecule has 1 saturated heterocycles. The predicted octanol–water partition coefficient (Wildman–Crippen LogP) is 1.52. The van der Waals surface area contributed by atoms with Crippen LogP contribution < -0.4 is 0 Å². The monoisotopic (exact) mass is 332 g/mol. The van der Waals surface area contributed by atoms with E-state index < -0.39 is 17.8 Å². The molecule has 6 heteroatoms. The van der Waals surface area contributed by atoms with Gasteiger partial charge in [-0.1, -0.05) is 36.8 Å². The second-order valence-electron chi connectivity index (χ2n) is 6.62. The lowest BCUT2D eigenvalue weighted by Gasteiger charge is -2.23. The molecule has 2 amide bonds. The van der Waals surface area contributed by atoms with E-state index in [1.165, 1.54) is 4.90 Å². The van der Waals surface area contributed by atoms with Crippen LogP contribution in [0, 0.1) is 18.8 Å². The van der Waals surface area contributed by atoms with Crippen molar-refractivity contribution in [2.24, 2.45) is 11.8 Å². The van der Waals surface area contributed by atoms with Crippen LogP contribution in [-0.4, -0.2) is 52.8 Å². The molecule has 1 aromatic rings. The van der Waals surface area contributed by atoms with Gasteiger partial charge in [-0.15, -0.1) is 0 Å². The zero-order valence-electron chi connectivity index (χ0n) is 14.4. The second-order valence-corrected chi connectivity index (χ2v) is 6.62. The minimum Gasteiger partial charge on any atom is -0.481 e. The number of carbonyl (C=O) groups is 3. The van der Waals surface area contributed by atoms with Crippen LogP contribution in [-0.2, 0) is 20.9 Å². The van der Waals surface area contributed by atoms with Gasteiger partial charge < -0.3 is 14.9 Å². The van der Waals surface area contributed by atoms with Crippen LogP contribution in [0.2, 0.25) is 0 Å². The second kappa shape index (κ2) is 7.47. The highest BCUT2D eigenvalue weighted by Crippen LogP contribution is 2.22. The molecule has 2 unspecified atom stereocenters. The van der Waals surface area contributed by atoms with Crippen molar-refractivity contribution in [1.82, 2.24) is 9.80 Å². The van der Waals surface area contributed by atoms with E-state index in [1.807, 2.05) is 31.2 Å². The lowest BCUT2D eigenvalue weighted by Crippen LogP contribution is -2.38. The van der Waals surface area contributed by atoms with Crippen molar-refractivity contribution in [3.8, 4) is 0 Å². The summed E-state index contributed by atoms with van der Waals surface area (Å²) in [5, 5.41) is 8.95. The highest BCUT2D eigenvalue weighted by Gasteiger charge is 2.36. The van der Waals surface area contributed by atoms with Crippen molar-refractivity contribution in [2.75, 3.05) is 20.1 Å². The molecule has 1 aliphatic rings. The quantitative estimate of drug-likeness (QED) is 0.857. The number of likely N-dealkylation sites (tertiary alicyclic amines) is 1. The van der Waals surface area contributed by atoms with Crippen molar-refractivity contribution in [3.05, 3.63) is 35.4 Å². The Hall–Kier alpha value is -2.37. The summed E-state index contributed by atoms with van der Waals surface area (Å²) in [6, 6.07) is 7.97. The van der Waals surface area contributed by atoms with E-state index in [1.54, 1.807) is 18.9 Å². The first kappa shape index (κ1) is 18.0. The molecule has 0 aromatic heterocycles. The molecule has 0 saturated carbocycles.